The molecule has 2 aromatic rings. The van der Waals surface area contributed by atoms with Crippen molar-refractivity contribution in [3.63, 3.8) is 0 Å². The lowest BCUT2D eigenvalue weighted by molar-refractivity contribution is 0.0575. The van der Waals surface area contributed by atoms with Crippen LogP contribution in [0.5, 0.6) is 0 Å². The highest BCUT2D eigenvalue weighted by Crippen LogP contribution is 2.26. The van der Waals surface area contributed by atoms with E-state index in [0.717, 1.165) is 17.5 Å². The van der Waals surface area contributed by atoms with Gasteiger partial charge in [-0.15, -0.1) is 0 Å². The van der Waals surface area contributed by atoms with E-state index in [1.807, 2.05) is 30.3 Å². The minimum atomic E-state index is -0.986. The number of aryl methyl sites for hydroxylation is 1. The molecule has 0 heterocycles. The van der Waals surface area contributed by atoms with Crippen LogP contribution in [0.2, 0.25) is 0 Å². The molecule has 0 radical (unpaired) electrons. The van der Waals surface area contributed by atoms with E-state index >= 15 is 0 Å². The number of rotatable bonds is 4. The van der Waals surface area contributed by atoms with Gasteiger partial charge in [0.05, 0.1) is 5.60 Å². The minimum Gasteiger partial charge on any atom is -0.385 e. The lowest BCUT2D eigenvalue weighted by Gasteiger charge is -2.24. The van der Waals surface area contributed by atoms with Gasteiger partial charge in [0, 0.05) is 6.42 Å². The Morgan fingerprint density at radius 3 is 2.32 bits per heavy atom. The maximum Gasteiger partial charge on any atom is 0.123 e. The summed E-state index contributed by atoms with van der Waals surface area (Å²) in [6.45, 7) is 3.86. The van der Waals surface area contributed by atoms with Crippen LogP contribution in [0.3, 0.4) is 0 Å². The molecule has 1 N–H and O–H groups in total. The monoisotopic (exact) mass is 258 g/mol. The molecule has 2 rings (SSSR count). The van der Waals surface area contributed by atoms with Gasteiger partial charge in [-0.2, -0.15) is 0 Å². The first-order valence-electron chi connectivity index (χ1n) is 6.57. The average molecular weight is 258 g/mol. The molecule has 0 saturated carbocycles. The second kappa shape index (κ2) is 5.54. The Labute approximate surface area is 113 Å². The first-order valence-corrected chi connectivity index (χ1v) is 6.57. The average Bonchev–Trinajstić information content (AvgIpc) is 2.38. The van der Waals surface area contributed by atoms with Gasteiger partial charge in [-0.25, -0.2) is 4.39 Å². The fourth-order valence-electron chi connectivity index (χ4n) is 2.25. The molecule has 2 heteroatoms. The van der Waals surface area contributed by atoms with E-state index in [-0.39, 0.29) is 5.82 Å². The van der Waals surface area contributed by atoms with E-state index in [4.69, 9.17) is 0 Å². The van der Waals surface area contributed by atoms with Gasteiger partial charge in [0.2, 0.25) is 0 Å². The topological polar surface area (TPSA) is 20.2 Å². The first-order chi connectivity index (χ1) is 9.01. The summed E-state index contributed by atoms with van der Waals surface area (Å²) in [6.07, 6.45) is 1.38. The van der Waals surface area contributed by atoms with Crippen LogP contribution in [0, 0.1) is 5.82 Å². The molecule has 100 valence electrons. The predicted octanol–water partition coefficient (Wildman–Crippen LogP) is 3.84. The van der Waals surface area contributed by atoms with Crippen molar-refractivity contribution in [1.29, 1.82) is 0 Å². The molecule has 1 unspecified atom stereocenters. The quantitative estimate of drug-likeness (QED) is 0.883. The van der Waals surface area contributed by atoms with Gasteiger partial charge in [-0.05, 0) is 42.2 Å². The highest BCUT2D eigenvalue weighted by molar-refractivity contribution is 5.29. The molecule has 19 heavy (non-hydrogen) atoms. The normalized spacial score (nSPS) is 14.1. The lowest BCUT2D eigenvalue weighted by Crippen LogP contribution is -2.24. The second-order valence-corrected chi connectivity index (χ2v) is 5.13. The Morgan fingerprint density at radius 2 is 1.74 bits per heavy atom. The van der Waals surface area contributed by atoms with Crippen LogP contribution in [0.25, 0.3) is 0 Å². The SMILES string of the molecule is CCc1ccc(C(C)(O)Cc2cccc(F)c2)cc1. The van der Waals surface area contributed by atoms with Gasteiger partial charge in [0.25, 0.3) is 0 Å². The molecule has 0 spiro atoms. The fourth-order valence-corrected chi connectivity index (χ4v) is 2.25. The van der Waals surface area contributed by atoms with Gasteiger partial charge in [-0.3, -0.25) is 0 Å². The standard InChI is InChI=1S/C17H19FO/c1-3-13-7-9-15(10-8-13)17(2,19)12-14-5-4-6-16(18)11-14/h4-11,19H,3,12H2,1-2H3. The molecule has 0 saturated heterocycles. The van der Waals surface area contributed by atoms with Crippen molar-refractivity contribution in [2.75, 3.05) is 0 Å². The van der Waals surface area contributed by atoms with Crippen LogP contribution in [0.1, 0.15) is 30.5 Å². The summed E-state index contributed by atoms with van der Waals surface area (Å²) in [6, 6.07) is 14.3. The van der Waals surface area contributed by atoms with E-state index in [2.05, 4.69) is 6.92 Å². The van der Waals surface area contributed by atoms with Crippen LogP contribution in [-0.4, -0.2) is 5.11 Å². The van der Waals surface area contributed by atoms with Gasteiger partial charge >= 0.3 is 0 Å². The van der Waals surface area contributed by atoms with E-state index in [9.17, 15) is 9.50 Å². The van der Waals surface area contributed by atoms with Crippen molar-refractivity contribution < 1.29 is 9.50 Å². The predicted molar refractivity (Wildman–Crippen MR) is 75.5 cm³/mol. The second-order valence-electron chi connectivity index (χ2n) is 5.13. The van der Waals surface area contributed by atoms with Gasteiger partial charge in [-0.1, -0.05) is 43.3 Å². The Balaban J connectivity index is 2.21. The van der Waals surface area contributed by atoms with E-state index in [1.165, 1.54) is 17.7 Å². The number of benzene rings is 2. The zero-order valence-electron chi connectivity index (χ0n) is 11.4. The maximum atomic E-state index is 13.2. The van der Waals surface area contributed by atoms with E-state index in [0.29, 0.717) is 6.42 Å². The molecule has 0 amide bonds. The Hall–Kier alpha value is -1.67. The van der Waals surface area contributed by atoms with Crippen molar-refractivity contribution in [1.82, 2.24) is 0 Å². The molecule has 0 aliphatic heterocycles. The summed E-state index contributed by atoms with van der Waals surface area (Å²) in [4.78, 5) is 0. The third-order valence-electron chi connectivity index (χ3n) is 3.42. The number of halogens is 1. The van der Waals surface area contributed by atoms with Crippen LogP contribution in [0.4, 0.5) is 4.39 Å². The third kappa shape index (κ3) is 3.42. The zero-order valence-corrected chi connectivity index (χ0v) is 11.4. The van der Waals surface area contributed by atoms with Crippen LogP contribution < -0.4 is 0 Å². The molecule has 2 aromatic carbocycles. The van der Waals surface area contributed by atoms with Gasteiger partial charge < -0.3 is 5.11 Å². The van der Waals surface area contributed by atoms with Crippen molar-refractivity contribution in [2.24, 2.45) is 0 Å². The summed E-state index contributed by atoms with van der Waals surface area (Å²) >= 11 is 0. The van der Waals surface area contributed by atoms with E-state index < -0.39 is 5.60 Å². The molecule has 0 aromatic heterocycles. The maximum absolute atomic E-state index is 13.2. The first kappa shape index (κ1) is 13.8. The molecule has 0 aliphatic rings. The number of aliphatic hydroxyl groups is 1. The molecule has 0 fully saturated rings. The molecule has 1 atom stereocenters. The summed E-state index contributed by atoms with van der Waals surface area (Å²) in [5.74, 6) is -0.269. The Kier molecular flexibility index (Phi) is 4.01. The van der Waals surface area contributed by atoms with Crippen molar-refractivity contribution in [3.05, 3.63) is 71.0 Å². The summed E-state index contributed by atoms with van der Waals surface area (Å²) in [5.41, 5.74) is 1.91. The molecular weight excluding hydrogens is 239 g/mol. The van der Waals surface area contributed by atoms with Gasteiger partial charge in [0.15, 0.2) is 0 Å². The molecule has 1 nitrogen and oxygen atoms in total. The Morgan fingerprint density at radius 1 is 1.05 bits per heavy atom. The summed E-state index contributed by atoms with van der Waals surface area (Å²) in [5, 5.41) is 10.6. The summed E-state index contributed by atoms with van der Waals surface area (Å²) in [7, 11) is 0. The zero-order chi connectivity index (χ0) is 13.9. The highest BCUT2D eigenvalue weighted by atomic mass is 19.1. The molecule has 0 aliphatic carbocycles. The van der Waals surface area contributed by atoms with Crippen molar-refractivity contribution in [2.45, 2.75) is 32.3 Å². The van der Waals surface area contributed by atoms with Crippen molar-refractivity contribution in [3.8, 4) is 0 Å². The summed E-state index contributed by atoms with van der Waals surface area (Å²) < 4.78 is 13.2. The van der Waals surface area contributed by atoms with Crippen LogP contribution in [0.15, 0.2) is 48.5 Å². The Bertz CT molecular complexity index is 543. The third-order valence-corrected chi connectivity index (χ3v) is 3.42. The largest absolute Gasteiger partial charge is 0.385 e. The minimum absolute atomic E-state index is 0.269. The molecule has 0 bridgehead atoms. The van der Waals surface area contributed by atoms with Crippen LogP contribution >= 0.6 is 0 Å². The number of hydrogen-bond acceptors (Lipinski definition) is 1. The smallest absolute Gasteiger partial charge is 0.123 e. The van der Waals surface area contributed by atoms with Crippen molar-refractivity contribution >= 4 is 0 Å². The number of hydrogen-bond donors (Lipinski definition) is 1. The lowest BCUT2D eigenvalue weighted by atomic mass is 9.88. The van der Waals surface area contributed by atoms with Crippen LogP contribution in [-0.2, 0) is 18.4 Å². The molecular formula is C17H19FO. The van der Waals surface area contributed by atoms with Gasteiger partial charge in [0.1, 0.15) is 5.82 Å². The highest BCUT2D eigenvalue weighted by Gasteiger charge is 2.23. The fraction of sp³-hybridized carbons (Fsp3) is 0.294. The van der Waals surface area contributed by atoms with E-state index in [1.54, 1.807) is 13.0 Å².